The zero-order valence-corrected chi connectivity index (χ0v) is 10.9. The van der Waals surface area contributed by atoms with Gasteiger partial charge in [0.15, 0.2) is 5.76 Å². The van der Waals surface area contributed by atoms with E-state index in [0.717, 1.165) is 12.8 Å². The minimum absolute atomic E-state index is 0.0889. The number of aliphatic carboxylic acids is 1. The fourth-order valence-electron chi connectivity index (χ4n) is 1.87. The van der Waals surface area contributed by atoms with E-state index < -0.39 is 11.9 Å². The van der Waals surface area contributed by atoms with Crippen LogP contribution < -0.4 is 5.32 Å². The Hall–Kier alpha value is -2.31. The number of carboxylic acid groups (broad SMARTS) is 1. The molecule has 1 aliphatic carbocycles. The second-order valence-electron chi connectivity index (χ2n) is 4.62. The van der Waals surface area contributed by atoms with Gasteiger partial charge in [0.2, 0.25) is 5.91 Å². The number of hydrogen-bond acceptors (Lipinski definition) is 4. The fourth-order valence-corrected chi connectivity index (χ4v) is 1.87. The van der Waals surface area contributed by atoms with Gasteiger partial charge < -0.3 is 19.7 Å². The van der Waals surface area contributed by atoms with Gasteiger partial charge in [0.25, 0.3) is 5.91 Å². The van der Waals surface area contributed by atoms with Crippen molar-refractivity contribution in [3.05, 3.63) is 24.2 Å². The Kier molecular flexibility index (Phi) is 4.39. The second-order valence-corrected chi connectivity index (χ2v) is 4.62. The average molecular weight is 280 g/mol. The molecule has 7 nitrogen and oxygen atoms in total. The number of hydrogen-bond donors (Lipinski definition) is 2. The molecule has 1 aromatic heterocycles. The molecule has 1 fully saturated rings. The SMILES string of the molecule is O=C(O)CCN(C(=O)CNC(=O)c1ccco1)C1CC1. The highest BCUT2D eigenvalue weighted by Gasteiger charge is 2.32. The Balaban J connectivity index is 1.82. The quantitative estimate of drug-likeness (QED) is 0.756. The van der Waals surface area contributed by atoms with Crippen molar-refractivity contribution in [2.45, 2.75) is 25.3 Å². The number of carboxylic acids is 1. The molecular formula is C13H16N2O5. The first-order valence-corrected chi connectivity index (χ1v) is 6.41. The summed E-state index contributed by atoms with van der Waals surface area (Å²) < 4.78 is 4.91. The van der Waals surface area contributed by atoms with Gasteiger partial charge in [-0.25, -0.2) is 0 Å². The molecule has 0 saturated heterocycles. The molecule has 2 N–H and O–H groups in total. The highest BCUT2D eigenvalue weighted by atomic mass is 16.4. The Morgan fingerprint density at radius 2 is 2.15 bits per heavy atom. The number of rotatable bonds is 7. The number of carbonyl (C=O) groups is 3. The van der Waals surface area contributed by atoms with Crippen molar-refractivity contribution < 1.29 is 23.9 Å². The van der Waals surface area contributed by atoms with Gasteiger partial charge in [0, 0.05) is 12.6 Å². The normalized spacial score (nSPS) is 13.8. The molecule has 0 unspecified atom stereocenters. The topological polar surface area (TPSA) is 99.9 Å². The van der Waals surface area contributed by atoms with Crippen molar-refractivity contribution in [2.75, 3.05) is 13.1 Å². The van der Waals surface area contributed by atoms with Crippen LogP contribution in [0.2, 0.25) is 0 Å². The van der Waals surface area contributed by atoms with Crippen LogP contribution in [-0.4, -0.2) is 46.9 Å². The first-order valence-electron chi connectivity index (χ1n) is 6.41. The maximum absolute atomic E-state index is 12.0. The minimum atomic E-state index is -0.942. The van der Waals surface area contributed by atoms with Crippen molar-refractivity contribution in [1.82, 2.24) is 10.2 Å². The molecule has 2 amide bonds. The van der Waals surface area contributed by atoms with Gasteiger partial charge in [-0.1, -0.05) is 0 Å². The monoisotopic (exact) mass is 280 g/mol. The largest absolute Gasteiger partial charge is 0.481 e. The Bertz CT molecular complexity index is 493. The summed E-state index contributed by atoms with van der Waals surface area (Å²) in [5.41, 5.74) is 0. The van der Waals surface area contributed by atoms with Gasteiger partial charge in [-0.3, -0.25) is 14.4 Å². The lowest BCUT2D eigenvalue weighted by atomic mass is 10.3. The molecule has 1 aliphatic rings. The van der Waals surface area contributed by atoms with E-state index in [1.54, 1.807) is 6.07 Å². The Labute approximate surface area is 115 Å². The third-order valence-electron chi connectivity index (χ3n) is 3.02. The minimum Gasteiger partial charge on any atom is -0.481 e. The van der Waals surface area contributed by atoms with Crippen molar-refractivity contribution >= 4 is 17.8 Å². The van der Waals surface area contributed by atoms with E-state index in [-0.39, 0.29) is 37.2 Å². The van der Waals surface area contributed by atoms with E-state index >= 15 is 0 Å². The summed E-state index contributed by atoms with van der Waals surface area (Å²) in [6, 6.07) is 3.20. The summed E-state index contributed by atoms with van der Waals surface area (Å²) in [4.78, 5) is 35.7. The first kappa shape index (κ1) is 14.1. The van der Waals surface area contributed by atoms with Crippen LogP contribution in [0, 0.1) is 0 Å². The van der Waals surface area contributed by atoms with Gasteiger partial charge >= 0.3 is 5.97 Å². The molecule has 1 heterocycles. The number of carbonyl (C=O) groups excluding carboxylic acids is 2. The molecule has 0 bridgehead atoms. The van der Waals surface area contributed by atoms with Gasteiger partial charge in [0.1, 0.15) is 0 Å². The third kappa shape index (κ3) is 3.84. The maximum atomic E-state index is 12.0. The molecule has 1 aromatic rings. The third-order valence-corrected chi connectivity index (χ3v) is 3.02. The molecule has 0 radical (unpaired) electrons. The summed E-state index contributed by atoms with van der Waals surface area (Å²) in [6.07, 6.45) is 3.06. The zero-order valence-electron chi connectivity index (χ0n) is 10.9. The lowest BCUT2D eigenvalue weighted by Crippen LogP contribution is -2.42. The van der Waals surface area contributed by atoms with Crippen LogP contribution in [-0.2, 0) is 9.59 Å². The van der Waals surface area contributed by atoms with Crippen molar-refractivity contribution in [1.29, 1.82) is 0 Å². The number of amides is 2. The second kappa shape index (κ2) is 6.23. The molecule has 7 heteroatoms. The van der Waals surface area contributed by atoms with Crippen LogP contribution in [0.3, 0.4) is 0 Å². The van der Waals surface area contributed by atoms with Crippen molar-refractivity contribution in [3.8, 4) is 0 Å². The predicted octanol–water partition coefficient (Wildman–Crippen LogP) is 0.475. The molecule has 0 aliphatic heterocycles. The van der Waals surface area contributed by atoms with E-state index in [1.807, 2.05) is 0 Å². The summed E-state index contributed by atoms with van der Waals surface area (Å²) in [5.74, 6) is -1.53. The summed E-state index contributed by atoms with van der Waals surface area (Å²) in [5, 5.41) is 11.1. The van der Waals surface area contributed by atoms with Gasteiger partial charge in [-0.15, -0.1) is 0 Å². The van der Waals surface area contributed by atoms with Crippen LogP contribution in [0.5, 0.6) is 0 Å². The molecule has 0 atom stereocenters. The van der Waals surface area contributed by atoms with Gasteiger partial charge in [-0.05, 0) is 25.0 Å². The van der Waals surface area contributed by atoms with Crippen molar-refractivity contribution in [3.63, 3.8) is 0 Å². The molecule has 20 heavy (non-hydrogen) atoms. The standard InChI is InChI=1S/C13H16N2O5/c16-11(8-14-13(19)10-2-1-7-20-10)15(9-3-4-9)6-5-12(17)18/h1-2,7,9H,3-6,8H2,(H,14,19)(H,17,18). The molecule has 1 saturated carbocycles. The summed E-state index contributed by atoms with van der Waals surface area (Å²) in [6.45, 7) is 0.0190. The fraction of sp³-hybridized carbons (Fsp3) is 0.462. The zero-order chi connectivity index (χ0) is 14.5. The van der Waals surface area contributed by atoms with Crippen molar-refractivity contribution in [2.24, 2.45) is 0 Å². The summed E-state index contributed by atoms with van der Waals surface area (Å²) in [7, 11) is 0. The smallest absolute Gasteiger partial charge is 0.305 e. The van der Waals surface area contributed by atoms with E-state index in [2.05, 4.69) is 5.32 Å². The molecule has 2 rings (SSSR count). The Morgan fingerprint density at radius 1 is 1.40 bits per heavy atom. The van der Waals surface area contributed by atoms with Crippen LogP contribution >= 0.6 is 0 Å². The Morgan fingerprint density at radius 3 is 2.70 bits per heavy atom. The van der Waals surface area contributed by atoms with Gasteiger partial charge in [0.05, 0.1) is 19.2 Å². The number of nitrogens with zero attached hydrogens (tertiary/aromatic N) is 1. The molecule has 108 valence electrons. The molecule has 0 aromatic carbocycles. The van der Waals surface area contributed by atoms with Crippen LogP contribution in [0.15, 0.2) is 22.8 Å². The number of nitrogens with one attached hydrogen (secondary N) is 1. The highest BCUT2D eigenvalue weighted by molar-refractivity contribution is 5.94. The lowest BCUT2D eigenvalue weighted by Gasteiger charge is -2.21. The summed E-state index contributed by atoms with van der Waals surface area (Å²) >= 11 is 0. The van der Waals surface area contributed by atoms with E-state index in [4.69, 9.17) is 9.52 Å². The average Bonchev–Trinajstić information content (AvgIpc) is 3.08. The van der Waals surface area contributed by atoms with Crippen LogP contribution in [0.4, 0.5) is 0 Å². The van der Waals surface area contributed by atoms with Crippen LogP contribution in [0.1, 0.15) is 29.8 Å². The molecular weight excluding hydrogens is 264 g/mol. The van der Waals surface area contributed by atoms with Crippen LogP contribution in [0.25, 0.3) is 0 Å². The first-order chi connectivity index (χ1) is 9.58. The van der Waals surface area contributed by atoms with E-state index in [0.29, 0.717) is 0 Å². The van der Waals surface area contributed by atoms with E-state index in [9.17, 15) is 14.4 Å². The number of furan rings is 1. The maximum Gasteiger partial charge on any atom is 0.305 e. The lowest BCUT2D eigenvalue weighted by molar-refractivity contribution is -0.138. The highest BCUT2D eigenvalue weighted by Crippen LogP contribution is 2.26. The molecule has 0 spiro atoms. The predicted molar refractivity (Wildman–Crippen MR) is 68.0 cm³/mol. The van der Waals surface area contributed by atoms with Gasteiger partial charge in [-0.2, -0.15) is 0 Å². The van der Waals surface area contributed by atoms with E-state index in [1.165, 1.54) is 17.2 Å².